The van der Waals surface area contributed by atoms with Crippen molar-refractivity contribution >= 4 is 11.6 Å². The number of aromatic hydroxyl groups is 1. The van der Waals surface area contributed by atoms with Gasteiger partial charge in [-0.25, -0.2) is 4.39 Å². The number of nitrogens with zero attached hydrogens (tertiary/aromatic N) is 1. The molecule has 1 heterocycles. The summed E-state index contributed by atoms with van der Waals surface area (Å²) in [5.41, 5.74) is 1.52. The van der Waals surface area contributed by atoms with Crippen molar-refractivity contribution in [2.24, 2.45) is 0 Å². The molecule has 23 heavy (non-hydrogen) atoms. The van der Waals surface area contributed by atoms with Gasteiger partial charge in [0.25, 0.3) is 5.56 Å². The molecule has 2 aromatic carbocycles. The van der Waals surface area contributed by atoms with Gasteiger partial charge in [0, 0.05) is 16.8 Å². The van der Waals surface area contributed by atoms with Crippen LogP contribution in [0.15, 0.2) is 65.6 Å². The summed E-state index contributed by atoms with van der Waals surface area (Å²) < 4.78 is 14.8. The van der Waals surface area contributed by atoms with Gasteiger partial charge in [-0.1, -0.05) is 35.9 Å². The van der Waals surface area contributed by atoms with Crippen LogP contribution in [-0.2, 0) is 6.54 Å². The van der Waals surface area contributed by atoms with Crippen molar-refractivity contribution in [3.8, 4) is 16.9 Å². The highest BCUT2D eigenvalue weighted by Crippen LogP contribution is 2.22. The van der Waals surface area contributed by atoms with Gasteiger partial charge < -0.3 is 9.67 Å². The zero-order valence-corrected chi connectivity index (χ0v) is 12.8. The van der Waals surface area contributed by atoms with E-state index in [2.05, 4.69) is 0 Å². The second kappa shape index (κ2) is 6.26. The Bertz CT molecular complexity index is 904. The summed E-state index contributed by atoms with van der Waals surface area (Å²) in [7, 11) is 0. The molecule has 0 unspecified atom stereocenters. The summed E-state index contributed by atoms with van der Waals surface area (Å²) in [4.78, 5) is 12.1. The van der Waals surface area contributed by atoms with E-state index in [1.807, 2.05) is 0 Å². The largest absolute Gasteiger partial charge is 0.503 e. The first-order chi connectivity index (χ1) is 11.0. The predicted octanol–water partition coefficient (Wildman–Crippen LogP) is 4.06. The first-order valence-corrected chi connectivity index (χ1v) is 7.34. The molecule has 0 saturated heterocycles. The topological polar surface area (TPSA) is 42.2 Å². The van der Waals surface area contributed by atoms with Gasteiger partial charge in [-0.2, -0.15) is 0 Å². The van der Waals surface area contributed by atoms with E-state index >= 15 is 0 Å². The lowest BCUT2D eigenvalue weighted by Gasteiger charge is -2.10. The van der Waals surface area contributed by atoms with Crippen molar-refractivity contribution in [1.82, 2.24) is 4.57 Å². The molecule has 3 nitrogen and oxygen atoms in total. The molecule has 0 aliphatic heterocycles. The van der Waals surface area contributed by atoms with Crippen LogP contribution in [0.3, 0.4) is 0 Å². The molecule has 0 fully saturated rings. The lowest BCUT2D eigenvalue weighted by atomic mass is 10.1. The van der Waals surface area contributed by atoms with Crippen molar-refractivity contribution in [3.63, 3.8) is 0 Å². The normalized spacial score (nSPS) is 10.7. The van der Waals surface area contributed by atoms with Gasteiger partial charge in [-0.15, -0.1) is 0 Å². The van der Waals surface area contributed by atoms with Crippen LogP contribution in [-0.4, -0.2) is 9.67 Å². The zero-order chi connectivity index (χ0) is 16.4. The Balaban J connectivity index is 2.03. The minimum atomic E-state index is -0.500. The van der Waals surface area contributed by atoms with Crippen LogP contribution in [0.2, 0.25) is 5.02 Å². The first-order valence-electron chi connectivity index (χ1n) is 6.97. The van der Waals surface area contributed by atoms with E-state index in [1.165, 1.54) is 22.8 Å². The number of halogens is 2. The summed E-state index contributed by atoms with van der Waals surface area (Å²) in [6.45, 7) is 0.284. The Morgan fingerprint density at radius 3 is 2.48 bits per heavy atom. The quantitative estimate of drug-likeness (QED) is 0.787. The van der Waals surface area contributed by atoms with Gasteiger partial charge in [-0.3, -0.25) is 4.79 Å². The maximum absolute atomic E-state index is 13.4. The van der Waals surface area contributed by atoms with Crippen LogP contribution in [0.4, 0.5) is 4.39 Å². The highest BCUT2D eigenvalue weighted by Gasteiger charge is 2.08. The molecule has 3 rings (SSSR count). The van der Waals surface area contributed by atoms with Gasteiger partial charge in [0.1, 0.15) is 5.82 Å². The van der Waals surface area contributed by atoms with Gasteiger partial charge in [0.05, 0.1) is 6.54 Å². The molecular weight excluding hydrogens is 317 g/mol. The molecular formula is C18H13ClFNO2. The summed E-state index contributed by atoms with van der Waals surface area (Å²) in [5, 5.41) is 10.5. The number of hydrogen-bond donors (Lipinski definition) is 1. The van der Waals surface area contributed by atoms with Crippen molar-refractivity contribution in [3.05, 3.63) is 87.6 Å². The van der Waals surface area contributed by atoms with E-state index in [0.717, 1.165) is 5.56 Å². The maximum Gasteiger partial charge on any atom is 0.292 e. The summed E-state index contributed by atoms with van der Waals surface area (Å²) in [5.74, 6) is -0.752. The number of aromatic nitrogens is 1. The van der Waals surface area contributed by atoms with Crippen molar-refractivity contribution < 1.29 is 9.50 Å². The Morgan fingerprint density at radius 2 is 1.78 bits per heavy atom. The average Bonchev–Trinajstić information content (AvgIpc) is 2.53. The number of pyridine rings is 1. The molecule has 0 amide bonds. The Hall–Kier alpha value is -2.59. The molecule has 0 aliphatic rings. The molecule has 0 spiro atoms. The Kier molecular flexibility index (Phi) is 4.17. The number of rotatable bonds is 3. The molecule has 0 radical (unpaired) electrons. The fourth-order valence-corrected chi connectivity index (χ4v) is 2.48. The van der Waals surface area contributed by atoms with Crippen molar-refractivity contribution in [1.29, 1.82) is 0 Å². The molecule has 0 saturated carbocycles. The van der Waals surface area contributed by atoms with Crippen molar-refractivity contribution in [2.75, 3.05) is 0 Å². The van der Waals surface area contributed by atoms with Crippen LogP contribution in [0.25, 0.3) is 11.1 Å². The highest BCUT2D eigenvalue weighted by molar-refractivity contribution is 6.30. The zero-order valence-electron chi connectivity index (χ0n) is 12.0. The highest BCUT2D eigenvalue weighted by atomic mass is 35.5. The molecule has 116 valence electrons. The van der Waals surface area contributed by atoms with E-state index in [-0.39, 0.29) is 18.1 Å². The second-order valence-electron chi connectivity index (χ2n) is 5.18. The lowest BCUT2D eigenvalue weighted by molar-refractivity contribution is 0.459. The maximum atomic E-state index is 13.4. The van der Waals surface area contributed by atoms with E-state index in [4.69, 9.17) is 11.6 Å². The summed E-state index contributed by atoms with van der Waals surface area (Å²) in [6, 6.07) is 14.4. The second-order valence-corrected chi connectivity index (χ2v) is 5.62. The molecule has 1 N–H and O–H groups in total. The molecule has 3 aromatic rings. The van der Waals surface area contributed by atoms with Gasteiger partial charge in [-0.05, 0) is 41.5 Å². The Morgan fingerprint density at radius 1 is 1.04 bits per heavy atom. The van der Waals surface area contributed by atoms with E-state index in [9.17, 15) is 14.3 Å². The van der Waals surface area contributed by atoms with E-state index in [1.54, 1.807) is 42.6 Å². The van der Waals surface area contributed by atoms with E-state index < -0.39 is 5.56 Å². The smallest absolute Gasteiger partial charge is 0.292 e. The summed E-state index contributed by atoms with van der Waals surface area (Å²) in [6.07, 6.45) is 1.60. The summed E-state index contributed by atoms with van der Waals surface area (Å²) >= 11 is 5.85. The molecule has 5 heteroatoms. The van der Waals surface area contributed by atoms with Crippen molar-refractivity contribution in [2.45, 2.75) is 6.54 Å². The SMILES string of the molecule is O=c1c(O)cc(-c2cccc(F)c2)cn1Cc1ccc(Cl)cc1. The van der Waals surface area contributed by atoms with Crippen LogP contribution in [0, 0.1) is 5.82 Å². The average molecular weight is 330 g/mol. The fourth-order valence-electron chi connectivity index (χ4n) is 2.35. The molecule has 1 aromatic heterocycles. The molecule has 0 bridgehead atoms. The van der Waals surface area contributed by atoms with Crippen LogP contribution >= 0.6 is 11.6 Å². The molecule has 0 aliphatic carbocycles. The van der Waals surface area contributed by atoms with Crippen LogP contribution in [0.1, 0.15) is 5.56 Å². The number of hydrogen-bond acceptors (Lipinski definition) is 2. The number of benzene rings is 2. The third kappa shape index (κ3) is 3.43. The van der Waals surface area contributed by atoms with Gasteiger partial charge in [0.2, 0.25) is 0 Å². The molecule has 0 atom stereocenters. The monoisotopic (exact) mass is 329 g/mol. The standard InChI is InChI=1S/C18H13ClFNO2/c19-15-6-4-12(5-7-15)10-21-11-14(9-17(22)18(21)23)13-2-1-3-16(20)8-13/h1-9,11,22H,10H2. The Labute approximate surface area is 137 Å². The third-order valence-electron chi connectivity index (χ3n) is 3.49. The first kappa shape index (κ1) is 15.3. The van der Waals surface area contributed by atoms with Crippen LogP contribution in [0.5, 0.6) is 5.75 Å². The van der Waals surface area contributed by atoms with Gasteiger partial charge >= 0.3 is 0 Å². The fraction of sp³-hybridized carbons (Fsp3) is 0.0556. The minimum absolute atomic E-state index is 0.284. The minimum Gasteiger partial charge on any atom is -0.503 e. The van der Waals surface area contributed by atoms with E-state index in [0.29, 0.717) is 16.1 Å². The lowest BCUT2D eigenvalue weighted by Crippen LogP contribution is -2.19. The predicted molar refractivity (Wildman–Crippen MR) is 88.3 cm³/mol. The van der Waals surface area contributed by atoms with Gasteiger partial charge in [0.15, 0.2) is 5.75 Å². The van der Waals surface area contributed by atoms with Crippen LogP contribution < -0.4 is 5.56 Å². The third-order valence-corrected chi connectivity index (χ3v) is 3.74.